The van der Waals surface area contributed by atoms with E-state index in [2.05, 4.69) is 132 Å². The first kappa shape index (κ1) is 18.8. The van der Waals surface area contributed by atoms with E-state index in [-0.39, 0.29) is 0 Å². The van der Waals surface area contributed by atoms with Crippen LogP contribution in [-0.2, 0) is 0 Å². The molecule has 0 radical (unpaired) electrons. The fourth-order valence-corrected chi connectivity index (χ4v) is 6.14. The van der Waals surface area contributed by atoms with Crippen LogP contribution in [0.2, 0.25) is 0 Å². The molecule has 0 unspecified atom stereocenters. The Bertz CT molecular complexity index is 1910. The quantitative estimate of drug-likeness (QED) is 0.251. The summed E-state index contributed by atoms with van der Waals surface area (Å²) in [5.41, 5.74) is 11.6. The first-order valence-corrected chi connectivity index (χ1v) is 12.1. The predicted molar refractivity (Wildman–Crippen MR) is 148 cm³/mol. The summed E-state index contributed by atoms with van der Waals surface area (Å²) < 4.78 is 2.39. The molecule has 35 heavy (non-hydrogen) atoms. The Labute approximate surface area is 203 Å². The molecule has 0 N–H and O–H groups in total. The monoisotopic (exact) mass is 443 g/mol. The molecule has 0 saturated carbocycles. The minimum absolute atomic E-state index is 1.19. The number of aromatic nitrogens is 1. The molecule has 0 bridgehead atoms. The standard InChI is InChI=1S/C34H21N/c1-2-10-22(11-3-1)35-31-18-7-6-14-30(31)34-28(17-9-19-32(34)35)25-20-21-29-24-13-5-4-12-23(24)26-15-8-16-27(25)33(26)29/h1-21H. The van der Waals surface area contributed by atoms with Gasteiger partial charge >= 0.3 is 0 Å². The van der Waals surface area contributed by atoms with Crippen LogP contribution in [0.3, 0.4) is 0 Å². The summed E-state index contributed by atoms with van der Waals surface area (Å²) in [5.74, 6) is 0. The Hall–Kier alpha value is -4.62. The topological polar surface area (TPSA) is 4.93 Å². The summed E-state index contributed by atoms with van der Waals surface area (Å²) in [5, 5.41) is 5.28. The molecule has 1 heterocycles. The Morgan fingerprint density at radius 2 is 0.857 bits per heavy atom. The van der Waals surface area contributed by atoms with Crippen molar-refractivity contribution in [1.29, 1.82) is 0 Å². The van der Waals surface area contributed by atoms with Gasteiger partial charge in [0.2, 0.25) is 0 Å². The molecule has 0 amide bonds. The number of hydrogen-bond acceptors (Lipinski definition) is 0. The smallest absolute Gasteiger partial charge is 0.0547 e. The molecule has 1 nitrogen and oxygen atoms in total. The van der Waals surface area contributed by atoms with Crippen LogP contribution in [0.25, 0.3) is 71.6 Å². The van der Waals surface area contributed by atoms with Crippen LogP contribution < -0.4 is 0 Å². The van der Waals surface area contributed by atoms with Gasteiger partial charge in [0.05, 0.1) is 11.0 Å². The molecule has 0 saturated heterocycles. The van der Waals surface area contributed by atoms with Crippen molar-refractivity contribution in [2.75, 3.05) is 0 Å². The van der Waals surface area contributed by atoms with Gasteiger partial charge in [-0.15, -0.1) is 0 Å². The number of fused-ring (bicyclic) bond motifs is 6. The first-order valence-electron chi connectivity index (χ1n) is 12.1. The lowest BCUT2D eigenvalue weighted by molar-refractivity contribution is 1.18. The highest BCUT2D eigenvalue weighted by Gasteiger charge is 2.23. The third kappa shape index (κ3) is 2.47. The van der Waals surface area contributed by atoms with Crippen LogP contribution in [0.5, 0.6) is 0 Å². The van der Waals surface area contributed by atoms with E-state index in [1.54, 1.807) is 0 Å². The second-order valence-corrected chi connectivity index (χ2v) is 9.32. The van der Waals surface area contributed by atoms with Gasteiger partial charge in [0.15, 0.2) is 0 Å². The van der Waals surface area contributed by atoms with Crippen molar-refractivity contribution in [3.05, 3.63) is 127 Å². The van der Waals surface area contributed by atoms with Crippen LogP contribution in [0.15, 0.2) is 127 Å². The van der Waals surface area contributed by atoms with Crippen molar-refractivity contribution >= 4 is 32.6 Å². The molecule has 6 aromatic carbocycles. The molecular formula is C34H21N. The summed E-state index contributed by atoms with van der Waals surface area (Å²) in [6, 6.07) is 46.4. The van der Waals surface area contributed by atoms with Crippen LogP contribution in [0, 0.1) is 0 Å². The van der Waals surface area contributed by atoms with Gasteiger partial charge in [0, 0.05) is 16.5 Å². The summed E-state index contributed by atoms with van der Waals surface area (Å²) in [4.78, 5) is 0. The van der Waals surface area contributed by atoms with E-state index in [1.807, 2.05) is 0 Å². The van der Waals surface area contributed by atoms with Crippen molar-refractivity contribution in [1.82, 2.24) is 4.57 Å². The molecule has 0 spiro atoms. The maximum absolute atomic E-state index is 2.39. The maximum atomic E-state index is 2.39. The summed E-state index contributed by atoms with van der Waals surface area (Å²) in [6.07, 6.45) is 0. The lowest BCUT2D eigenvalue weighted by atomic mass is 9.92. The van der Waals surface area contributed by atoms with E-state index in [1.165, 1.54) is 71.6 Å². The molecule has 0 atom stereocenters. The molecule has 1 aliphatic rings. The SMILES string of the molecule is c1ccc(-n2c3ccccc3c3c(-c4ccc5c6c(cccc46)-c4ccccc4-5)cccc32)cc1. The van der Waals surface area contributed by atoms with Gasteiger partial charge in [-0.3, -0.25) is 0 Å². The van der Waals surface area contributed by atoms with Crippen molar-refractivity contribution in [2.45, 2.75) is 0 Å². The summed E-state index contributed by atoms with van der Waals surface area (Å²) in [6.45, 7) is 0. The van der Waals surface area contributed by atoms with Crippen molar-refractivity contribution < 1.29 is 0 Å². The van der Waals surface area contributed by atoms with Gasteiger partial charge in [0.25, 0.3) is 0 Å². The maximum Gasteiger partial charge on any atom is 0.0547 e. The van der Waals surface area contributed by atoms with Gasteiger partial charge < -0.3 is 4.57 Å². The fourth-order valence-electron chi connectivity index (χ4n) is 6.14. The number of para-hydroxylation sites is 2. The minimum atomic E-state index is 1.19. The number of nitrogens with zero attached hydrogens (tertiary/aromatic N) is 1. The lowest BCUT2D eigenvalue weighted by Crippen LogP contribution is -1.93. The molecule has 1 heteroatoms. The van der Waals surface area contributed by atoms with E-state index in [4.69, 9.17) is 0 Å². The predicted octanol–water partition coefficient (Wildman–Crippen LogP) is 9.25. The molecule has 1 aromatic heterocycles. The molecular weight excluding hydrogens is 422 g/mol. The van der Waals surface area contributed by atoms with E-state index >= 15 is 0 Å². The van der Waals surface area contributed by atoms with Gasteiger partial charge in [-0.2, -0.15) is 0 Å². The Morgan fingerprint density at radius 3 is 1.69 bits per heavy atom. The third-order valence-electron chi connectivity index (χ3n) is 7.55. The molecule has 0 fully saturated rings. The largest absolute Gasteiger partial charge is 0.309 e. The Kier molecular flexibility index (Phi) is 3.72. The minimum Gasteiger partial charge on any atom is -0.309 e. The molecule has 8 rings (SSSR count). The second kappa shape index (κ2) is 6.94. The first-order chi connectivity index (χ1) is 17.4. The highest BCUT2D eigenvalue weighted by Crippen LogP contribution is 2.50. The van der Waals surface area contributed by atoms with Gasteiger partial charge in [-0.05, 0) is 68.4 Å². The normalized spacial score (nSPS) is 12.0. The average molecular weight is 444 g/mol. The molecule has 0 aliphatic heterocycles. The molecule has 7 aromatic rings. The van der Waals surface area contributed by atoms with Crippen LogP contribution in [-0.4, -0.2) is 4.57 Å². The van der Waals surface area contributed by atoms with E-state index in [0.29, 0.717) is 0 Å². The van der Waals surface area contributed by atoms with Crippen molar-refractivity contribution in [3.8, 4) is 39.1 Å². The van der Waals surface area contributed by atoms with E-state index in [0.717, 1.165) is 0 Å². The van der Waals surface area contributed by atoms with Gasteiger partial charge in [-0.25, -0.2) is 0 Å². The van der Waals surface area contributed by atoms with E-state index in [9.17, 15) is 0 Å². The Morgan fingerprint density at radius 1 is 0.314 bits per heavy atom. The van der Waals surface area contributed by atoms with E-state index < -0.39 is 0 Å². The lowest BCUT2D eigenvalue weighted by Gasteiger charge is -2.12. The summed E-state index contributed by atoms with van der Waals surface area (Å²) >= 11 is 0. The second-order valence-electron chi connectivity index (χ2n) is 9.32. The number of hydrogen-bond donors (Lipinski definition) is 0. The number of benzene rings is 6. The van der Waals surface area contributed by atoms with Crippen LogP contribution in [0.4, 0.5) is 0 Å². The van der Waals surface area contributed by atoms with Crippen LogP contribution in [0.1, 0.15) is 0 Å². The molecule has 1 aliphatic carbocycles. The summed E-state index contributed by atoms with van der Waals surface area (Å²) in [7, 11) is 0. The van der Waals surface area contributed by atoms with Crippen molar-refractivity contribution in [3.63, 3.8) is 0 Å². The zero-order chi connectivity index (χ0) is 22.9. The van der Waals surface area contributed by atoms with Crippen molar-refractivity contribution in [2.24, 2.45) is 0 Å². The fraction of sp³-hybridized carbons (Fsp3) is 0. The van der Waals surface area contributed by atoms with Crippen LogP contribution >= 0.6 is 0 Å². The zero-order valence-electron chi connectivity index (χ0n) is 19.1. The Balaban J connectivity index is 1.50. The van der Waals surface area contributed by atoms with Gasteiger partial charge in [-0.1, -0.05) is 103 Å². The zero-order valence-corrected chi connectivity index (χ0v) is 19.1. The number of rotatable bonds is 2. The third-order valence-corrected chi connectivity index (χ3v) is 7.55. The highest BCUT2D eigenvalue weighted by atomic mass is 15.0. The van der Waals surface area contributed by atoms with Gasteiger partial charge in [0.1, 0.15) is 0 Å². The average Bonchev–Trinajstić information content (AvgIpc) is 3.44. The highest BCUT2D eigenvalue weighted by molar-refractivity contribution is 6.22. The molecule has 162 valence electrons.